The van der Waals surface area contributed by atoms with Crippen LogP contribution >= 0.6 is 6.83 Å². The Kier molecular flexibility index (Phi) is 7.45. The summed E-state index contributed by atoms with van der Waals surface area (Å²) in [7, 11) is 0. The van der Waals surface area contributed by atoms with E-state index in [0.29, 0.717) is 6.42 Å². The molecular weight excluding hydrogens is 387 g/mol. The SMILES string of the molecule is CCCCCCP(OC(=O)CC)(c1ccccc1)(c1ccccc1)c1ccccc1. The molecule has 158 valence electrons. The molecule has 0 spiro atoms. The molecule has 2 nitrogen and oxygen atoms in total. The Labute approximate surface area is 181 Å². The molecule has 3 aromatic rings. The van der Waals surface area contributed by atoms with Crippen LogP contribution in [0.1, 0.15) is 46.0 Å². The van der Waals surface area contributed by atoms with E-state index >= 15 is 0 Å². The van der Waals surface area contributed by atoms with E-state index in [2.05, 4.69) is 79.7 Å². The summed E-state index contributed by atoms with van der Waals surface area (Å²) in [5.74, 6) is -0.139. The van der Waals surface area contributed by atoms with Crippen molar-refractivity contribution in [3.63, 3.8) is 0 Å². The second-order valence-electron chi connectivity index (χ2n) is 7.82. The Morgan fingerprint density at radius 1 is 0.667 bits per heavy atom. The number of benzene rings is 3. The standard InChI is InChI=1S/C27H33O2P/c1-3-5-6-16-23-30(29-27(28)4-2,24-17-10-7-11-18-24,25-19-12-8-13-20-25)26-21-14-9-15-22-26/h7-15,17-22H,3-6,16,23H2,1-2H3. The third-order valence-electron chi connectivity index (χ3n) is 5.94. The summed E-state index contributed by atoms with van der Waals surface area (Å²) in [6.07, 6.45) is 5.69. The van der Waals surface area contributed by atoms with E-state index in [1.165, 1.54) is 12.8 Å². The first-order valence-electron chi connectivity index (χ1n) is 11.1. The Morgan fingerprint density at radius 2 is 1.10 bits per heavy atom. The molecule has 0 aliphatic heterocycles. The Hall–Kier alpha value is -2.44. The summed E-state index contributed by atoms with van der Waals surface area (Å²) in [6, 6.07) is 31.4. The van der Waals surface area contributed by atoms with Crippen molar-refractivity contribution in [1.82, 2.24) is 0 Å². The van der Waals surface area contributed by atoms with Crippen LogP contribution in [-0.4, -0.2) is 12.1 Å². The number of carbonyl (C=O) groups is 1. The Bertz CT molecular complexity index is 823. The minimum absolute atomic E-state index is 0.139. The van der Waals surface area contributed by atoms with Gasteiger partial charge in [0.1, 0.15) is 0 Å². The maximum atomic E-state index is 13.1. The molecule has 0 N–H and O–H groups in total. The summed E-state index contributed by atoms with van der Waals surface area (Å²) in [6.45, 7) is 0.628. The molecule has 0 unspecified atom stereocenters. The quantitative estimate of drug-likeness (QED) is 0.299. The zero-order valence-corrected chi connectivity index (χ0v) is 19.1. The summed E-state index contributed by atoms with van der Waals surface area (Å²) in [5, 5.41) is 3.37. The molecule has 30 heavy (non-hydrogen) atoms. The normalized spacial score (nSPS) is 12.7. The molecule has 0 saturated carbocycles. The van der Waals surface area contributed by atoms with Gasteiger partial charge in [-0.2, -0.15) is 0 Å². The summed E-state index contributed by atoms with van der Waals surface area (Å²) < 4.78 is 6.80. The van der Waals surface area contributed by atoms with Gasteiger partial charge in [-0.1, -0.05) is 0 Å². The van der Waals surface area contributed by atoms with E-state index in [-0.39, 0.29) is 5.97 Å². The molecular formula is C27H33O2P. The number of rotatable bonds is 10. The molecule has 0 heterocycles. The van der Waals surface area contributed by atoms with E-state index in [0.717, 1.165) is 34.9 Å². The van der Waals surface area contributed by atoms with Gasteiger partial charge in [-0.3, -0.25) is 0 Å². The van der Waals surface area contributed by atoms with Crippen molar-refractivity contribution in [3.05, 3.63) is 91.0 Å². The van der Waals surface area contributed by atoms with E-state index in [9.17, 15) is 4.79 Å². The molecule has 0 aliphatic rings. The average molecular weight is 421 g/mol. The van der Waals surface area contributed by atoms with Crippen LogP contribution in [0.5, 0.6) is 0 Å². The summed E-state index contributed by atoms with van der Waals surface area (Å²) in [4.78, 5) is 13.1. The monoisotopic (exact) mass is 420 g/mol. The Balaban J connectivity index is 2.39. The second kappa shape index (κ2) is 10.0. The van der Waals surface area contributed by atoms with Crippen LogP contribution in [0, 0.1) is 0 Å². The van der Waals surface area contributed by atoms with Gasteiger partial charge in [0, 0.05) is 0 Å². The first-order chi connectivity index (χ1) is 14.7. The van der Waals surface area contributed by atoms with Crippen LogP contribution in [0.25, 0.3) is 0 Å². The average Bonchev–Trinajstić information content (AvgIpc) is 2.83. The van der Waals surface area contributed by atoms with Crippen molar-refractivity contribution in [1.29, 1.82) is 0 Å². The number of unbranched alkanes of at least 4 members (excludes halogenated alkanes) is 3. The van der Waals surface area contributed by atoms with Gasteiger partial charge in [-0.25, -0.2) is 0 Å². The van der Waals surface area contributed by atoms with Crippen molar-refractivity contribution >= 4 is 28.7 Å². The molecule has 0 radical (unpaired) electrons. The van der Waals surface area contributed by atoms with E-state index in [4.69, 9.17) is 4.52 Å². The van der Waals surface area contributed by atoms with Crippen LogP contribution in [0.15, 0.2) is 91.0 Å². The van der Waals surface area contributed by atoms with Crippen LogP contribution in [0.3, 0.4) is 0 Å². The second-order valence-corrected chi connectivity index (χ2v) is 12.4. The van der Waals surface area contributed by atoms with Gasteiger partial charge in [0.05, 0.1) is 0 Å². The fourth-order valence-corrected chi connectivity index (χ4v) is 10.3. The zero-order valence-electron chi connectivity index (χ0n) is 18.2. The van der Waals surface area contributed by atoms with E-state index < -0.39 is 6.83 Å². The third kappa shape index (κ3) is 4.07. The van der Waals surface area contributed by atoms with Gasteiger partial charge in [-0.05, 0) is 0 Å². The topological polar surface area (TPSA) is 26.3 Å². The van der Waals surface area contributed by atoms with E-state index in [1.807, 2.05) is 25.1 Å². The molecule has 0 aromatic heterocycles. The van der Waals surface area contributed by atoms with Gasteiger partial charge >= 0.3 is 181 Å². The van der Waals surface area contributed by atoms with Crippen molar-refractivity contribution in [2.45, 2.75) is 46.0 Å². The molecule has 0 saturated heterocycles. The van der Waals surface area contributed by atoms with Gasteiger partial charge in [0.25, 0.3) is 0 Å². The van der Waals surface area contributed by atoms with Crippen LogP contribution < -0.4 is 15.9 Å². The predicted octanol–water partition coefficient (Wildman–Crippen LogP) is 5.96. The van der Waals surface area contributed by atoms with Crippen molar-refractivity contribution in [3.8, 4) is 0 Å². The summed E-state index contributed by atoms with van der Waals surface area (Å²) >= 11 is 0. The predicted molar refractivity (Wildman–Crippen MR) is 131 cm³/mol. The fraction of sp³-hybridized carbons (Fsp3) is 0.296. The van der Waals surface area contributed by atoms with Gasteiger partial charge < -0.3 is 0 Å². The Morgan fingerprint density at radius 3 is 1.47 bits per heavy atom. The van der Waals surface area contributed by atoms with Crippen molar-refractivity contribution in [2.24, 2.45) is 0 Å². The maximum absolute atomic E-state index is 13.1. The molecule has 3 rings (SSSR count). The summed E-state index contributed by atoms with van der Waals surface area (Å²) in [5.41, 5.74) is 0. The zero-order chi connectivity index (χ0) is 21.3. The van der Waals surface area contributed by atoms with Crippen molar-refractivity contribution < 1.29 is 9.32 Å². The number of carbonyl (C=O) groups excluding carboxylic acids is 1. The van der Waals surface area contributed by atoms with Gasteiger partial charge in [0.15, 0.2) is 0 Å². The van der Waals surface area contributed by atoms with Crippen LogP contribution in [0.2, 0.25) is 0 Å². The van der Waals surface area contributed by atoms with E-state index in [1.54, 1.807) is 0 Å². The van der Waals surface area contributed by atoms with Crippen LogP contribution in [-0.2, 0) is 9.32 Å². The third-order valence-corrected chi connectivity index (χ3v) is 11.9. The molecule has 3 aromatic carbocycles. The first-order valence-corrected chi connectivity index (χ1v) is 13.4. The molecule has 0 fully saturated rings. The number of hydrogen-bond acceptors (Lipinski definition) is 2. The van der Waals surface area contributed by atoms with Crippen molar-refractivity contribution in [2.75, 3.05) is 6.16 Å². The molecule has 0 aliphatic carbocycles. The number of hydrogen-bond donors (Lipinski definition) is 0. The fourth-order valence-electron chi connectivity index (χ4n) is 4.40. The molecule has 0 amide bonds. The molecule has 0 bridgehead atoms. The van der Waals surface area contributed by atoms with Gasteiger partial charge in [-0.15, -0.1) is 0 Å². The van der Waals surface area contributed by atoms with Crippen LogP contribution in [0.4, 0.5) is 0 Å². The first kappa shape index (κ1) is 22.2. The van der Waals surface area contributed by atoms with Gasteiger partial charge in [0.2, 0.25) is 0 Å². The molecule has 3 heteroatoms. The molecule has 0 atom stereocenters. The minimum atomic E-state index is -3.48.